The average molecular weight is 362 g/mol. The van der Waals surface area contributed by atoms with Crippen molar-refractivity contribution in [1.29, 1.82) is 0 Å². The van der Waals surface area contributed by atoms with Crippen molar-refractivity contribution in [3.63, 3.8) is 0 Å². The van der Waals surface area contributed by atoms with Crippen molar-refractivity contribution in [2.24, 2.45) is 4.99 Å². The Morgan fingerprint density at radius 3 is 2.67 bits per heavy atom. The number of rotatable bonds is 3. The first-order chi connectivity index (χ1) is 10.2. The van der Waals surface area contributed by atoms with Crippen molar-refractivity contribution in [1.82, 2.24) is 0 Å². The summed E-state index contributed by atoms with van der Waals surface area (Å²) in [7, 11) is 1.61. The first kappa shape index (κ1) is 14.1. The molecule has 0 saturated carbocycles. The van der Waals surface area contributed by atoms with Crippen LogP contribution in [0.25, 0.3) is 6.08 Å². The normalized spacial score (nSPS) is 16.4. The van der Waals surface area contributed by atoms with Crippen molar-refractivity contribution in [3.05, 3.63) is 52.4 Å². The van der Waals surface area contributed by atoms with E-state index in [4.69, 9.17) is 4.74 Å². The van der Waals surface area contributed by atoms with Crippen LogP contribution in [0.3, 0.4) is 0 Å². The van der Waals surface area contributed by atoms with Gasteiger partial charge in [-0.05, 0) is 0 Å². The Hall–Kier alpha value is -1.88. The van der Waals surface area contributed by atoms with Gasteiger partial charge in [0.15, 0.2) is 0 Å². The summed E-state index contributed by atoms with van der Waals surface area (Å²) in [6.45, 7) is 0. The van der Waals surface area contributed by atoms with E-state index < -0.39 is 0 Å². The third kappa shape index (κ3) is 2.78. The molecule has 6 heteroatoms. The fourth-order valence-electron chi connectivity index (χ4n) is 1.96. The van der Waals surface area contributed by atoms with E-state index >= 15 is 0 Å². The van der Waals surface area contributed by atoms with E-state index in [1.165, 1.54) is 0 Å². The van der Waals surface area contributed by atoms with E-state index in [1.54, 1.807) is 29.4 Å². The van der Waals surface area contributed by atoms with Gasteiger partial charge in [-0.3, -0.25) is 0 Å². The van der Waals surface area contributed by atoms with Crippen LogP contribution in [-0.4, -0.2) is 33.8 Å². The molecule has 0 fully saturated rings. The first-order valence-electron chi connectivity index (χ1n) is 6.18. The molecular formula is C15H11N2O2SSe. The number of nitrogens with zero attached hydrogens (tertiary/aromatic N) is 2. The maximum atomic E-state index is 12.5. The molecule has 0 atom stereocenters. The average Bonchev–Trinajstić information content (AvgIpc) is 3.09. The molecule has 2 aromatic rings. The molecule has 0 saturated heterocycles. The number of amidine groups is 1. The molecule has 1 aromatic carbocycles. The summed E-state index contributed by atoms with van der Waals surface area (Å²) in [6, 6.07) is 11.2. The SMILES string of the molecule is COc1ccc(N2C(=O)/C(=C/c3cccs3)N=C2[Se])cc1. The summed E-state index contributed by atoms with van der Waals surface area (Å²) in [5.41, 5.74) is 1.19. The maximum absolute atomic E-state index is 12.5. The van der Waals surface area contributed by atoms with Crippen LogP contribution in [-0.2, 0) is 4.79 Å². The van der Waals surface area contributed by atoms with Gasteiger partial charge in [0, 0.05) is 0 Å². The molecule has 1 aromatic heterocycles. The quantitative estimate of drug-likeness (QED) is 0.622. The summed E-state index contributed by atoms with van der Waals surface area (Å²) in [5, 5.41) is 1.97. The second kappa shape index (κ2) is 5.85. The van der Waals surface area contributed by atoms with Crippen LogP contribution < -0.4 is 9.64 Å². The molecule has 0 bridgehead atoms. The third-order valence-corrected chi connectivity index (χ3v) is 4.38. The number of carbonyl (C=O) groups is 1. The van der Waals surface area contributed by atoms with Gasteiger partial charge in [0.1, 0.15) is 0 Å². The number of methoxy groups -OCH3 is 1. The number of benzene rings is 1. The molecule has 3 rings (SSSR count). The predicted octanol–water partition coefficient (Wildman–Crippen LogP) is 2.67. The summed E-state index contributed by atoms with van der Waals surface area (Å²) in [6.07, 6.45) is 1.80. The van der Waals surface area contributed by atoms with Crippen molar-refractivity contribution < 1.29 is 9.53 Å². The van der Waals surface area contributed by atoms with Gasteiger partial charge in [-0.1, -0.05) is 0 Å². The Labute approximate surface area is 134 Å². The third-order valence-electron chi connectivity index (χ3n) is 2.98. The molecule has 1 aliphatic heterocycles. The molecule has 1 amide bonds. The minimum absolute atomic E-state index is 0.137. The zero-order valence-electron chi connectivity index (χ0n) is 11.1. The Morgan fingerprint density at radius 2 is 2.05 bits per heavy atom. The van der Waals surface area contributed by atoms with E-state index in [1.807, 2.05) is 41.8 Å². The Morgan fingerprint density at radius 1 is 1.29 bits per heavy atom. The van der Waals surface area contributed by atoms with E-state index in [0.717, 1.165) is 16.3 Å². The van der Waals surface area contributed by atoms with Gasteiger partial charge in [0.2, 0.25) is 0 Å². The summed E-state index contributed by atoms with van der Waals surface area (Å²) in [4.78, 5) is 19.4. The van der Waals surface area contributed by atoms with Crippen LogP contribution in [0, 0.1) is 0 Å². The van der Waals surface area contributed by atoms with Crippen molar-refractivity contribution in [2.45, 2.75) is 0 Å². The number of ether oxygens (including phenoxy) is 1. The van der Waals surface area contributed by atoms with Crippen LogP contribution in [0.1, 0.15) is 4.88 Å². The fourth-order valence-corrected chi connectivity index (χ4v) is 3.22. The topological polar surface area (TPSA) is 41.9 Å². The number of anilines is 1. The molecule has 1 radical (unpaired) electrons. The number of amides is 1. The molecule has 2 heterocycles. The molecular weight excluding hydrogens is 351 g/mol. The molecule has 105 valence electrons. The van der Waals surface area contributed by atoms with Crippen molar-refractivity contribution >= 4 is 49.8 Å². The first-order valence-corrected chi connectivity index (χ1v) is 7.92. The number of thiophene rings is 1. The van der Waals surface area contributed by atoms with Gasteiger partial charge in [-0.15, -0.1) is 0 Å². The summed E-state index contributed by atoms with van der Waals surface area (Å²) in [5.74, 6) is 0.612. The van der Waals surface area contributed by atoms with Gasteiger partial charge < -0.3 is 0 Å². The number of hydrogen-bond acceptors (Lipinski definition) is 4. The summed E-state index contributed by atoms with van der Waals surface area (Å²) < 4.78 is 5.67. The van der Waals surface area contributed by atoms with Crippen LogP contribution in [0.4, 0.5) is 5.69 Å². The fraction of sp³-hybridized carbons (Fsp3) is 0.0667. The van der Waals surface area contributed by atoms with Gasteiger partial charge in [-0.2, -0.15) is 0 Å². The van der Waals surface area contributed by atoms with Crippen LogP contribution in [0.5, 0.6) is 5.75 Å². The van der Waals surface area contributed by atoms with Crippen LogP contribution >= 0.6 is 11.3 Å². The predicted molar refractivity (Wildman–Crippen MR) is 86.0 cm³/mol. The van der Waals surface area contributed by atoms with Gasteiger partial charge in [0.05, 0.1) is 0 Å². The second-order valence-electron chi connectivity index (χ2n) is 4.28. The molecule has 0 unspecified atom stereocenters. The molecule has 4 nitrogen and oxygen atoms in total. The molecule has 0 aliphatic carbocycles. The minimum atomic E-state index is -0.137. The van der Waals surface area contributed by atoms with Gasteiger partial charge in [0.25, 0.3) is 0 Å². The number of aliphatic imine (C=N–C) groups is 1. The van der Waals surface area contributed by atoms with E-state index in [9.17, 15) is 4.79 Å². The standard InChI is InChI=1S/C15H11N2O2SSe/c1-19-11-6-4-10(5-7-11)17-14(18)13(16-15(17)21)9-12-3-2-8-20-12/h2-9H,1H3/b13-9-. The number of carbonyl (C=O) groups excluding carboxylic acids is 1. The van der Waals surface area contributed by atoms with E-state index in [-0.39, 0.29) is 5.91 Å². The number of hydrogen-bond donors (Lipinski definition) is 0. The van der Waals surface area contributed by atoms with Gasteiger partial charge >= 0.3 is 134 Å². The van der Waals surface area contributed by atoms with Crippen molar-refractivity contribution in [2.75, 3.05) is 12.0 Å². The zero-order chi connectivity index (χ0) is 14.8. The Balaban J connectivity index is 1.91. The van der Waals surface area contributed by atoms with Crippen LogP contribution in [0.15, 0.2) is 52.5 Å². The molecule has 21 heavy (non-hydrogen) atoms. The summed E-state index contributed by atoms with van der Waals surface area (Å²) >= 11 is 4.41. The second-order valence-corrected chi connectivity index (χ2v) is 6.02. The van der Waals surface area contributed by atoms with E-state index in [0.29, 0.717) is 10.4 Å². The molecule has 0 spiro atoms. The van der Waals surface area contributed by atoms with Crippen LogP contribution in [0.2, 0.25) is 0 Å². The Kier molecular flexibility index (Phi) is 3.92. The molecule has 1 aliphatic rings. The van der Waals surface area contributed by atoms with Gasteiger partial charge in [-0.25, -0.2) is 0 Å². The van der Waals surface area contributed by atoms with Crippen molar-refractivity contribution in [3.8, 4) is 5.75 Å². The molecule has 0 N–H and O–H groups in total. The monoisotopic (exact) mass is 363 g/mol. The Bertz CT molecular complexity index is 721. The van der Waals surface area contributed by atoms with E-state index in [2.05, 4.69) is 21.0 Å². The zero-order valence-corrected chi connectivity index (χ0v) is 13.7.